The summed E-state index contributed by atoms with van der Waals surface area (Å²) in [4.78, 5) is 5.81. The molecule has 0 saturated heterocycles. The maximum Gasteiger partial charge on any atom is 0.123 e. The van der Waals surface area contributed by atoms with Crippen molar-refractivity contribution in [1.29, 1.82) is 0 Å². The van der Waals surface area contributed by atoms with Gasteiger partial charge in [-0.05, 0) is 37.1 Å². The summed E-state index contributed by atoms with van der Waals surface area (Å²) in [6.07, 6.45) is 2.19. The molecule has 1 unspecified atom stereocenters. The number of fused-ring (bicyclic) bond motifs is 1. The van der Waals surface area contributed by atoms with E-state index in [9.17, 15) is 10.2 Å². The van der Waals surface area contributed by atoms with E-state index >= 15 is 0 Å². The predicted octanol–water partition coefficient (Wildman–Crippen LogP) is 2.37. The number of phenols is 1. The standard InChI is InChI=1S/C13H13NO2S/c15-9-3-1-8(2-4-9)13-14-11-6-5-10(16)7-12(11)17-13/h1-4,10,15-16H,5-7H2. The summed E-state index contributed by atoms with van der Waals surface area (Å²) in [5.41, 5.74) is 2.15. The predicted molar refractivity (Wildman–Crippen MR) is 67.2 cm³/mol. The van der Waals surface area contributed by atoms with Gasteiger partial charge in [-0.15, -0.1) is 11.3 Å². The van der Waals surface area contributed by atoms with E-state index in [-0.39, 0.29) is 11.9 Å². The van der Waals surface area contributed by atoms with E-state index in [2.05, 4.69) is 4.98 Å². The highest BCUT2D eigenvalue weighted by atomic mass is 32.1. The molecule has 3 nitrogen and oxygen atoms in total. The van der Waals surface area contributed by atoms with Crippen molar-refractivity contribution >= 4 is 11.3 Å². The molecule has 0 radical (unpaired) electrons. The summed E-state index contributed by atoms with van der Waals surface area (Å²) >= 11 is 1.65. The van der Waals surface area contributed by atoms with Crippen molar-refractivity contribution in [3.05, 3.63) is 34.8 Å². The second-order valence-electron chi connectivity index (χ2n) is 4.33. The van der Waals surface area contributed by atoms with E-state index in [4.69, 9.17) is 0 Å². The van der Waals surface area contributed by atoms with Crippen LogP contribution < -0.4 is 0 Å². The Bertz CT molecular complexity index is 533. The van der Waals surface area contributed by atoms with Crippen LogP contribution in [-0.4, -0.2) is 21.3 Å². The van der Waals surface area contributed by atoms with Crippen LogP contribution in [0.1, 0.15) is 17.0 Å². The number of aliphatic hydroxyl groups excluding tert-OH is 1. The van der Waals surface area contributed by atoms with Gasteiger partial charge in [0.15, 0.2) is 0 Å². The minimum atomic E-state index is -0.212. The molecule has 1 aliphatic rings. The van der Waals surface area contributed by atoms with Gasteiger partial charge in [-0.1, -0.05) is 0 Å². The zero-order valence-corrected chi connectivity index (χ0v) is 10.1. The molecule has 1 atom stereocenters. The van der Waals surface area contributed by atoms with Crippen molar-refractivity contribution in [3.8, 4) is 16.3 Å². The van der Waals surface area contributed by atoms with Gasteiger partial charge < -0.3 is 10.2 Å². The van der Waals surface area contributed by atoms with Crippen LogP contribution in [0, 0.1) is 0 Å². The van der Waals surface area contributed by atoms with Crippen LogP contribution in [0.3, 0.4) is 0 Å². The number of phenolic OH excluding ortho intramolecular Hbond substituents is 1. The third-order valence-corrected chi connectivity index (χ3v) is 4.20. The summed E-state index contributed by atoms with van der Waals surface area (Å²) in [7, 11) is 0. The van der Waals surface area contributed by atoms with E-state index < -0.39 is 0 Å². The Hall–Kier alpha value is -1.39. The molecule has 2 aromatic rings. The number of nitrogens with zero attached hydrogens (tertiary/aromatic N) is 1. The Kier molecular flexibility index (Phi) is 2.61. The number of aliphatic hydroxyl groups is 1. The van der Waals surface area contributed by atoms with E-state index in [0.29, 0.717) is 0 Å². The molecule has 1 aromatic carbocycles. The van der Waals surface area contributed by atoms with Crippen molar-refractivity contribution in [1.82, 2.24) is 4.98 Å². The minimum absolute atomic E-state index is 0.212. The average Bonchev–Trinajstić information content (AvgIpc) is 2.72. The van der Waals surface area contributed by atoms with Crippen LogP contribution in [0.15, 0.2) is 24.3 Å². The molecule has 3 rings (SSSR count). The second kappa shape index (κ2) is 4.13. The molecule has 0 saturated carbocycles. The average molecular weight is 247 g/mol. The van der Waals surface area contributed by atoms with Gasteiger partial charge in [-0.25, -0.2) is 4.98 Å². The SMILES string of the molecule is Oc1ccc(-c2nc3c(s2)CC(O)CC3)cc1. The maximum absolute atomic E-state index is 9.62. The monoisotopic (exact) mass is 247 g/mol. The summed E-state index contributed by atoms with van der Waals surface area (Å²) in [6.45, 7) is 0. The summed E-state index contributed by atoms with van der Waals surface area (Å²) in [5.74, 6) is 0.269. The zero-order valence-electron chi connectivity index (χ0n) is 9.26. The molecule has 0 bridgehead atoms. The minimum Gasteiger partial charge on any atom is -0.508 e. The molecular formula is C13H13NO2S. The van der Waals surface area contributed by atoms with Gasteiger partial charge in [0.25, 0.3) is 0 Å². The zero-order chi connectivity index (χ0) is 11.8. The molecule has 2 N–H and O–H groups in total. The van der Waals surface area contributed by atoms with Crippen LogP contribution in [0.2, 0.25) is 0 Å². The molecule has 0 fully saturated rings. The summed E-state index contributed by atoms with van der Waals surface area (Å²) < 4.78 is 0. The van der Waals surface area contributed by atoms with Gasteiger partial charge >= 0.3 is 0 Å². The number of benzene rings is 1. The first-order valence-electron chi connectivity index (χ1n) is 5.68. The summed E-state index contributed by atoms with van der Waals surface area (Å²) in [5, 5.41) is 19.8. The molecular weight excluding hydrogens is 234 g/mol. The second-order valence-corrected chi connectivity index (χ2v) is 5.42. The number of hydrogen-bond donors (Lipinski definition) is 2. The van der Waals surface area contributed by atoms with Gasteiger partial charge in [0, 0.05) is 16.9 Å². The number of aromatic hydroxyl groups is 1. The number of thiazole rings is 1. The normalized spacial score (nSPS) is 19.0. The molecule has 17 heavy (non-hydrogen) atoms. The largest absolute Gasteiger partial charge is 0.508 e. The first kappa shape index (κ1) is 10.7. The lowest BCUT2D eigenvalue weighted by Crippen LogP contribution is -2.17. The van der Waals surface area contributed by atoms with Gasteiger partial charge in [-0.3, -0.25) is 0 Å². The number of aryl methyl sites for hydroxylation is 1. The third kappa shape index (κ3) is 2.06. The van der Waals surface area contributed by atoms with Crippen molar-refractivity contribution in [2.75, 3.05) is 0 Å². The Morgan fingerprint density at radius 3 is 2.76 bits per heavy atom. The Morgan fingerprint density at radius 2 is 2.00 bits per heavy atom. The first-order valence-corrected chi connectivity index (χ1v) is 6.50. The number of aromatic nitrogens is 1. The van der Waals surface area contributed by atoms with Crippen molar-refractivity contribution < 1.29 is 10.2 Å². The highest BCUT2D eigenvalue weighted by Crippen LogP contribution is 2.33. The van der Waals surface area contributed by atoms with Gasteiger partial charge in [-0.2, -0.15) is 0 Å². The number of hydrogen-bond acceptors (Lipinski definition) is 4. The smallest absolute Gasteiger partial charge is 0.123 e. The molecule has 0 amide bonds. The van der Waals surface area contributed by atoms with Crippen LogP contribution in [0.25, 0.3) is 10.6 Å². The highest BCUT2D eigenvalue weighted by molar-refractivity contribution is 7.15. The van der Waals surface area contributed by atoms with Gasteiger partial charge in [0.05, 0.1) is 11.8 Å². The molecule has 4 heteroatoms. The van der Waals surface area contributed by atoms with Crippen LogP contribution in [-0.2, 0) is 12.8 Å². The van der Waals surface area contributed by atoms with Crippen LogP contribution >= 0.6 is 11.3 Å². The lowest BCUT2D eigenvalue weighted by molar-refractivity contribution is 0.159. The molecule has 0 aliphatic heterocycles. The van der Waals surface area contributed by atoms with Crippen molar-refractivity contribution in [2.24, 2.45) is 0 Å². The molecule has 1 heterocycles. The number of rotatable bonds is 1. The topological polar surface area (TPSA) is 53.4 Å². The third-order valence-electron chi connectivity index (χ3n) is 3.03. The van der Waals surface area contributed by atoms with E-state index in [1.165, 1.54) is 4.88 Å². The first-order chi connectivity index (χ1) is 8.22. The molecule has 1 aliphatic carbocycles. The highest BCUT2D eigenvalue weighted by Gasteiger charge is 2.21. The quantitative estimate of drug-likeness (QED) is 0.813. The van der Waals surface area contributed by atoms with Crippen molar-refractivity contribution in [3.63, 3.8) is 0 Å². The fourth-order valence-corrected chi connectivity index (χ4v) is 3.27. The van der Waals surface area contributed by atoms with E-state index in [0.717, 1.165) is 35.5 Å². The van der Waals surface area contributed by atoms with Crippen LogP contribution in [0.5, 0.6) is 5.75 Å². The fraction of sp³-hybridized carbons (Fsp3) is 0.308. The molecule has 88 valence electrons. The van der Waals surface area contributed by atoms with Crippen LogP contribution in [0.4, 0.5) is 0 Å². The van der Waals surface area contributed by atoms with E-state index in [1.54, 1.807) is 23.5 Å². The Morgan fingerprint density at radius 1 is 1.24 bits per heavy atom. The van der Waals surface area contributed by atoms with Gasteiger partial charge in [0.2, 0.25) is 0 Å². The van der Waals surface area contributed by atoms with Crippen molar-refractivity contribution in [2.45, 2.75) is 25.4 Å². The summed E-state index contributed by atoms with van der Waals surface area (Å²) in [6, 6.07) is 7.08. The lowest BCUT2D eigenvalue weighted by atomic mass is 10.0. The molecule has 1 aromatic heterocycles. The van der Waals surface area contributed by atoms with Gasteiger partial charge in [0.1, 0.15) is 10.8 Å². The molecule has 0 spiro atoms. The van der Waals surface area contributed by atoms with E-state index in [1.807, 2.05) is 12.1 Å². The lowest BCUT2D eigenvalue weighted by Gasteiger charge is -2.14. The Balaban J connectivity index is 1.97. The Labute approximate surface area is 103 Å². The fourth-order valence-electron chi connectivity index (χ4n) is 2.09. The maximum atomic E-state index is 9.62.